The van der Waals surface area contributed by atoms with Crippen LogP contribution in [0.3, 0.4) is 0 Å². The van der Waals surface area contributed by atoms with E-state index in [1.165, 1.54) is 0 Å². The van der Waals surface area contributed by atoms with E-state index in [9.17, 15) is 29.0 Å². The normalized spacial score (nSPS) is 32.5. The highest BCUT2D eigenvalue weighted by Gasteiger charge is 2.56. The van der Waals surface area contributed by atoms with Crippen LogP contribution in [0, 0.1) is 5.92 Å². The standard InChI is InChI=1S/C14H17FN2O8/c15-14(5-18)10(21)9(20)11(25-14)16-4-3-8(19)17(13(16)23)6-24-12(22)7-1-2-7/h3-4,7,9-11,18,20-21H,1-2,5-6H2/t9-,10+,11-,14-/m1/s1/i3D. The second kappa shape index (κ2) is 6.33. The fourth-order valence-corrected chi connectivity index (χ4v) is 2.45. The number of halogens is 1. The molecule has 1 saturated carbocycles. The van der Waals surface area contributed by atoms with Crippen molar-refractivity contribution < 1.29 is 35.3 Å². The van der Waals surface area contributed by atoms with Crippen molar-refractivity contribution in [2.45, 2.75) is 43.9 Å². The molecule has 0 aromatic carbocycles. The Morgan fingerprint density at radius 2 is 2.16 bits per heavy atom. The zero-order valence-corrected chi connectivity index (χ0v) is 12.9. The lowest BCUT2D eigenvalue weighted by atomic mass is 10.1. The van der Waals surface area contributed by atoms with E-state index >= 15 is 0 Å². The van der Waals surface area contributed by atoms with Gasteiger partial charge in [0, 0.05) is 12.2 Å². The largest absolute Gasteiger partial charge is 0.443 e. The first kappa shape index (κ1) is 16.4. The summed E-state index contributed by atoms with van der Waals surface area (Å²) in [5, 5.41) is 28.6. The number of aromatic nitrogens is 2. The van der Waals surface area contributed by atoms with Gasteiger partial charge in [-0.1, -0.05) is 0 Å². The summed E-state index contributed by atoms with van der Waals surface area (Å²) < 4.78 is 32.4. The molecule has 0 radical (unpaired) electrons. The van der Waals surface area contributed by atoms with Crippen molar-refractivity contribution in [3.63, 3.8) is 0 Å². The van der Waals surface area contributed by atoms with Gasteiger partial charge in [0.15, 0.2) is 13.0 Å². The quantitative estimate of drug-likeness (QED) is 0.503. The van der Waals surface area contributed by atoms with Crippen LogP contribution in [0.4, 0.5) is 4.39 Å². The number of aliphatic hydroxyl groups is 3. The minimum atomic E-state index is -3.02. The maximum atomic E-state index is 14.2. The smallest absolute Gasteiger partial charge is 0.335 e. The molecule has 1 aliphatic carbocycles. The molecule has 4 atom stereocenters. The monoisotopic (exact) mass is 361 g/mol. The van der Waals surface area contributed by atoms with Gasteiger partial charge in [-0.2, -0.15) is 0 Å². The topological polar surface area (TPSA) is 140 Å². The van der Waals surface area contributed by atoms with Gasteiger partial charge in [-0.3, -0.25) is 14.2 Å². The van der Waals surface area contributed by atoms with E-state index < -0.39 is 60.9 Å². The van der Waals surface area contributed by atoms with E-state index in [0.717, 1.165) is 0 Å². The summed E-state index contributed by atoms with van der Waals surface area (Å²) in [7, 11) is 0. The third-order valence-corrected chi connectivity index (χ3v) is 4.13. The van der Waals surface area contributed by atoms with Gasteiger partial charge >= 0.3 is 11.7 Å². The average molecular weight is 361 g/mol. The number of hydrogen-bond acceptors (Lipinski definition) is 8. The van der Waals surface area contributed by atoms with E-state index in [2.05, 4.69) is 0 Å². The highest BCUT2D eigenvalue weighted by molar-refractivity contribution is 5.74. The van der Waals surface area contributed by atoms with Crippen molar-refractivity contribution in [3.8, 4) is 0 Å². The predicted molar refractivity (Wildman–Crippen MR) is 76.8 cm³/mol. The molecule has 3 N–H and O–H groups in total. The minimum absolute atomic E-state index is 0.279. The molecule has 0 bridgehead atoms. The van der Waals surface area contributed by atoms with Crippen LogP contribution in [-0.4, -0.2) is 55.1 Å². The van der Waals surface area contributed by atoms with Gasteiger partial charge in [-0.25, -0.2) is 13.8 Å². The highest BCUT2D eigenvalue weighted by Crippen LogP contribution is 2.37. The van der Waals surface area contributed by atoms with Crippen LogP contribution in [0.5, 0.6) is 0 Å². The molecular weight excluding hydrogens is 343 g/mol. The van der Waals surface area contributed by atoms with Crippen molar-refractivity contribution in [3.05, 3.63) is 33.1 Å². The Morgan fingerprint density at radius 3 is 2.72 bits per heavy atom. The summed E-state index contributed by atoms with van der Waals surface area (Å²) in [5.41, 5.74) is -2.20. The molecule has 2 heterocycles. The summed E-state index contributed by atoms with van der Waals surface area (Å²) in [5.74, 6) is -3.89. The number of aliphatic hydroxyl groups excluding tert-OH is 3. The van der Waals surface area contributed by atoms with Crippen LogP contribution >= 0.6 is 0 Å². The van der Waals surface area contributed by atoms with Gasteiger partial charge in [0.1, 0.15) is 18.8 Å². The number of hydrogen-bond donors (Lipinski definition) is 3. The van der Waals surface area contributed by atoms with Gasteiger partial charge in [0.05, 0.1) is 7.29 Å². The second-order valence-corrected chi connectivity index (χ2v) is 5.95. The van der Waals surface area contributed by atoms with Crippen LogP contribution in [0.2, 0.25) is 0 Å². The maximum Gasteiger partial charge on any atom is 0.335 e. The van der Waals surface area contributed by atoms with Crippen LogP contribution in [0.25, 0.3) is 0 Å². The molecule has 2 aliphatic rings. The molecule has 25 heavy (non-hydrogen) atoms. The maximum absolute atomic E-state index is 14.2. The Hall–Kier alpha value is -2.08. The van der Waals surface area contributed by atoms with E-state index in [4.69, 9.17) is 16.0 Å². The number of carbonyl (C=O) groups excluding carboxylic acids is 1. The number of carbonyl (C=O) groups is 1. The van der Waals surface area contributed by atoms with Crippen molar-refractivity contribution in [2.75, 3.05) is 6.61 Å². The van der Waals surface area contributed by atoms with Crippen LogP contribution < -0.4 is 11.2 Å². The summed E-state index contributed by atoms with van der Waals surface area (Å²) in [6.45, 7) is -2.05. The third kappa shape index (κ3) is 3.11. The Balaban J connectivity index is 1.94. The van der Waals surface area contributed by atoms with Crippen LogP contribution in [-0.2, 0) is 21.0 Å². The van der Waals surface area contributed by atoms with Crippen molar-refractivity contribution >= 4 is 5.97 Å². The number of nitrogens with zero attached hydrogens (tertiary/aromatic N) is 2. The van der Waals surface area contributed by atoms with Gasteiger partial charge in [-0.15, -0.1) is 0 Å². The summed E-state index contributed by atoms with van der Waals surface area (Å²) in [6, 6.07) is -0.710. The average Bonchev–Trinajstić information content (AvgIpc) is 3.43. The fourth-order valence-electron chi connectivity index (χ4n) is 2.45. The minimum Gasteiger partial charge on any atom is -0.443 e. The van der Waals surface area contributed by atoms with Crippen molar-refractivity contribution in [1.82, 2.24) is 9.13 Å². The molecule has 3 rings (SSSR count). The van der Waals surface area contributed by atoms with Gasteiger partial charge in [-0.05, 0) is 12.8 Å². The SMILES string of the molecule is [2H]c1cn([C@@H]2O[C@](F)(CO)[C@@H](O)[C@H]2O)c(=O)n(COC(=O)C2CC2)c1=O. The lowest BCUT2D eigenvalue weighted by molar-refractivity contribution is -0.207. The first-order chi connectivity index (χ1) is 12.2. The highest BCUT2D eigenvalue weighted by atomic mass is 19.2. The summed E-state index contributed by atoms with van der Waals surface area (Å²) in [4.78, 5) is 36.0. The van der Waals surface area contributed by atoms with Gasteiger partial charge in [0.25, 0.3) is 11.4 Å². The number of alkyl halides is 1. The van der Waals surface area contributed by atoms with Crippen molar-refractivity contribution in [1.29, 1.82) is 0 Å². The van der Waals surface area contributed by atoms with E-state index in [1.807, 2.05) is 0 Å². The number of esters is 1. The first-order valence-electron chi connectivity index (χ1n) is 8.02. The van der Waals surface area contributed by atoms with Crippen LogP contribution in [0.1, 0.15) is 20.4 Å². The van der Waals surface area contributed by atoms with Crippen molar-refractivity contribution in [2.24, 2.45) is 5.92 Å². The van der Waals surface area contributed by atoms with E-state index in [1.54, 1.807) is 0 Å². The number of rotatable bonds is 5. The molecule has 1 aromatic rings. The zero-order valence-electron chi connectivity index (χ0n) is 13.9. The molecule has 11 heteroatoms. The molecule has 10 nitrogen and oxygen atoms in total. The molecule has 0 amide bonds. The fraction of sp³-hybridized carbons (Fsp3) is 0.643. The molecule has 1 saturated heterocycles. The molecule has 1 aliphatic heterocycles. The molecular formula is C14H17FN2O8. The second-order valence-electron chi connectivity index (χ2n) is 5.95. The Kier molecular flexibility index (Phi) is 4.15. The predicted octanol–water partition coefficient (Wildman–Crippen LogP) is -2.17. The van der Waals surface area contributed by atoms with Gasteiger partial charge < -0.3 is 24.8 Å². The third-order valence-electron chi connectivity index (χ3n) is 4.13. The molecule has 138 valence electrons. The lowest BCUT2D eigenvalue weighted by Gasteiger charge is -2.20. The Morgan fingerprint density at radius 1 is 1.48 bits per heavy atom. The number of ether oxygens (including phenoxy) is 2. The molecule has 0 spiro atoms. The summed E-state index contributed by atoms with van der Waals surface area (Å²) in [6.07, 6.45) is -3.92. The first-order valence-corrected chi connectivity index (χ1v) is 7.52. The summed E-state index contributed by atoms with van der Waals surface area (Å²) >= 11 is 0. The Bertz CT molecular complexity index is 837. The molecule has 0 unspecified atom stereocenters. The molecule has 2 fully saturated rings. The van der Waals surface area contributed by atoms with Crippen LogP contribution in [0.15, 0.2) is 21.8 Å². The van der Waals surface area contributed by atoms with Gasteiger partial charge in [0.2, 0.25) is 0 Å². The molecule has 1 aromatic heterocycles. The lowest BCUT2D eigenvalue weighted by Crippen LogP contribution is -2.44. The zero-order chi connectivity index (χ0) is 19.2. The Labute approximate surface area is 141 Å². The van der Waals surface area contributed by atoms with E-state index in [0.29, 0.717) is 28.2 Å². The van der Waals surface area contributed by atoms with E-state index in [-0.39, 0.29) is 5.92 Å².